The molecule has 2 N–H and O–H groups in total. The van der Waals surface area contributed by atoms with Gasteiger partial charge in [-0.25, -0.2) is 4.98 Å². The molecular weight excluding hydrogens is 228 g/mol. The van der Waals surface area contributed by atoms with Crippen molar-refractivity contribution in [1.82, 2.24) is 4.98 Å². The average molecular weight is 237 g/mol. The summed E-state index contributed by atoms with van der Waals surface area (Å²) in [7, 11) is 0. The van der Waals surface area contributed by atoms with Gasteiger partial charge in [0.1, 0.15) is 5.82 Å². The number of nitrogens with two attached hydrogens (primary N) is 1. The van der Waals surface area contributed by atoms with Crippen LogP contribution in [0.4, 0.5) is 5.82 Å². The third kappa shape index (κ3) is 1.40. The number of halogens is 1. The first kappa shape index (κ1) is 8.51. The predicted molar refractivity (Wildman–Crippen MR) is 58.6 cm³/mol. The molecule has 13 heavy (non-hydrogen) atoms. The Bertz CT molecular complexity index is 466. The topological polar surface area (TPSA) is 38.9 Å². The van der Waals surface area contributed by atoms with Gasteiger partial charge in [-0.3, -0.25) is 0 Å². The molecule has 1 aromatic carbocycles. The van der Waals surface area contributed by atoms with Crippen molar-refractivity contribution in [2.45, 2.75) is 6.92 Å². The number of anilines is 1. The largest absolute Gasteiger partial charge is 0.384 e. The summed E-state index contributed by atoms with van der Waals surface area (Å²) in [6.07, 6.45) is 1.81. The van der Waals surface area contributed by atoms with Gasteiger partial charge in [0.05, 0.1) is 0 Å². The second kappa shape index (κ2) is 3.00. The summed E-state index contributed by atoms with van der Waals surface area (Å²) in [5, 5.41) is 2.26. The van der Waals surface area contributed by atoms with Crippen molar-refractivity contribution in [3.8, 4) is 0 Å². The normalized spacial score (nSPS) is 10.6. The smallest absolute Gasteiger partial charge is 0.123 e. The summed E-state index contributed by atoms with van der Waals surface area (Å²) in [6, 6.07) is 5.97. The molecule has 2 rings (SSSR count). The zero-order chi connectivity index (χ0) is 9.42. The lowest BCUT2D eigenvalue weighted by Gasteiger charge is -2.04. The van der Waals surface area contributed by atoms with Crippen molar-refractivity contribution < 1.29 is 0 Å². The number of pyridine rings is 1. The van der Waals surface area contributed by atoms with Crippen LogP contribution in [0.2, 0.25) is 0 Å². The Labute approximate surface area is 84.9 Å². The van der Waals surface area contributed by atoms with Crippen LogP contribution in [-0.4, -0.2) is 4.98 Å². The quantitative estimate of drug-likeness (QED) is 0.765. The van der Waals surface area contributed by atoms with Crippen LogP contribution in [0.25, 0.3) is 10.8 Å². The third-order valence-corrected chi connectivity index (χ3v) is 2.78. The lowest BCUT2D eigenvalue weighted by Crippen LogP contribution is -1.90. The van der Waals surface area contributed by atoms with Crippen molar-refractivity contribution in [2.75, 3.05) is 5.73 Å². The van der Waals surface area contributed by atoms with Crippen molar-refractivity contribution in [3.05, 3.63) is 34.4 Å². The van der Waals surface area contributed by atoms with Crippen molar-refractivity contribution in [1.29, 1.82) is 0 Å². The van der Waals surface area contributed by atoms with E-state index in [-0.39, 0.29) is 0 Å². The van der Waals surface area contributed by atoms with E-state index >= 15 is 0 Å². The number of aryl methyl sites for hydroxylation is 1. The molecule has 0 unspecified atom stereocenters. The van der Waals surface area contributed by atoms with Gasteiger partial charge in [-0.05, 0) is 24.6 Å². The van der Waals surface area contributed by atoms with Gasteiger partial charge in [0, 0.05) is 21.4 Å². The summed E-state index contributed by atoms with van der Waals surface area (Å²) in [5.41, 5.74) is 6.82. The number of aromatic nitrogens is 1. The number of rotatable bonds is 0. The molecule has 0 spiro atoms. The Kier molecular flexibility index (Phi) is 1.96. The van der Waals surface area contributed by atoms with Gasteiger partial charge in [0.25, 0.3) is 0 Å². The van der Waals surface area contributed by atoms with Gasteiger partial charge in [0.15, 0.2) is 0 Å². The van der Waals surface area contributed by atoms with Gasteiger partial charge in [0.2, 0.25) is 0 Å². The number of hydrogen-bond donors (Lipinski definition) is 1. The maximum absolute atomic E-state index is 5.61. The Morgan fingerprint density at radius 3 is 2.85 bits per heavy atom. The first-order valence-electron chi connectivity index (χ1n) is 3.99. The molecule has 2 nitrogen and oxygen atoms in total. The highest BCUT2D eigenvalue weighted by molar-refractivity contribution is 9.10. The maximum Gasteiger partial charge on any atom is 0.123 e. The van der Waals surface area contributed by atoms with Gasteiger partial charge in [-0.1, -0.05) is 22.0 Å². The second-order valence-electron chi connectivity index (χ2n) is 3.02. The van der Waals surface area contributed by atoms with Gasteiger partial charge >= 0.3 is 0 Å². The highest BCUT2D eigenvalue weighted by Crippen LogP contribution is 2.26. The summed E-state index contributed by atoms with van der Waals surface area (Å²) in [6.45, 7) is 2.06. The molecule has 1 aromatic heterocycles. The molecular formula is C10H9BrN2. The minimum Gasteiger partial charge on any atom is -0.384 e. The number of fused-ring (bicyclic) bond motifs is 1. The molecule has 0 amide bonds. The molecule has 66 valence electrons. The van der Waals surface area contributed by atoms with E-state index in [1.54, 1.807) is 0 Å². The molecule has 0 aliphatic carbocycles. The van der Waals surface area contributed by atoms with E-state index in [9.17, 15) is 0 Å². The van der Waals surface area contributed by atoms with Crippen molar-refractivity contribution in [3.63, 3.8) is 0 Å². The zero-order valence-corrected chi connectivity index (χ0v) is 8.80. The van der Waals surface area contributed by atoms with Gasteiger partial charge < -0.3 is 5.73 Å². The molecule has 3 heteroatoms. The third-order valence-electron chi connectivity index (χ3n) is 2.09. The van der Waals surface area contributed by atoms with Crippen LogP contribution in [-0.2, 0) is 0 Å². The standard InChI is InChI=1S/C10H9BrN2/c1-6-2-3-9(11)7-4-10(12)13-5-8(6)7/h2-5H,1H3,(H2,12,13). The molecule has 0 bridgehead atoms. The minimum atomic E-state index is 0.554. The van der Waals surface area contributed by atoms with Crippen LogP contribution in [0, 0.1) is 6.92 Å². The number of hydrogen-bond acceptors (Lipinski definition) is 2. The van der Waals surface area contributed by atoms with Crippen molar-refractivity contribution in [2.24, 2.45) is 0 Å². The highest BCUT2D eigenvalue weighted by Gasteiger charge is 2.01. The highest BCUT2D eigenvalue weighted by atomic mass is 79.9. The molecule has 2 aromatic rings. The fourth-order valence-electron chi connectivity index (χ4n) is 1.36. The molecule has 1 heterocycles. The van der Waals surface area contributed by atoms with Crippen LogP contribution in [0.5, 0.6) is 0 Å². The fraction of sp³-hybridized carbons (Fsp3) is 0.100. The Morgan fingerprint density at radius 1 is 1.31 bits per heavy atom. The first-order chi connectivity index (χ1) is 6.18. The monoisotopic (exact) mass is 236 g/mol. The Hall–Kier alpha value is -1.09. The predicted octanol–water partition coefficient (Wildman–Crippen LogP) is 2.89. The van der Waals surface area contributed by atoms with Crippen LogP contribution >= 0.6 is 15.9 Å². The number of nitrogen functional groups attached to an aromatic ring is 1. The van der Waals surface area contributed by atoms with Crippen LogP contribution in [0.1, 0.15) is 5.56 Å². The lowest BCUT2D eigenvalue weighted by molar-refractivity contribution is 1.35. The number of benzene rings is 1. The van der Waals surface area contributed by atoms with Crippen LogP contribution in [0.3, 0.4) is 0 Å². The first-order valence-corrected chi connectivity index (χ1v) is 4.78. The summed E-state index contributed by atoms with van der Waals surface area (Å²) in [5.74, 6) is 0.554. The Morgan fingerprint density at radius 2 is 2.08 bits per heavy atom. The van der Waals surface area contributed by atoms with E-state index in [0.29, 0.717) is 5.82 Å². The summed E-state index contributed by atoms with van der Waals surface area (Å²) in [4.78, 5) is 4.07. The van der Waals surface area contributed by atoms with Crippen molar-refractivity contribution >= 4 is 32.5 Å². The lowest BCUT2D eigenvalue weighted by atomic mass is 10.1. The molecule has 0 radical (unpaired) electrons. The maximum atomic E-state index is 5.61. The molecule has 0 saturated heterocycles. The summed E-state index contributed by atoms with van der Waals surface area (Å²) >= 11 is 3.48. The summed E-state index contributed by atoms with van der Waals surface area (Å²) < 4.78 is 1.06. The van der Waals surface area contributed by atoms with E-state index in [2.05, 4.69) is 33.9 Å². The van der Waals surface area contributed by atoms with Crippen LogP contribution in [0.15, 0.2) is 28.9 Å². The van der Waals surface area contributed by atoms with E-state index < -0.39 is 0 Å². The molecule has 0 aliphatic heterocycles. The van der Waals surface area contributed by atoms with E-state index in [4.69, 9.17) is 5.73 Å². The molecule has 0 aliphatic rings. The van der Waals surface area contributed by atoms with Crippen LogP contribution < -0.4 is 5.73 Å². The molecule has 0 fully saturated rings. The molecule has 0 atom stereocenters. The zero-order valence-electron chi connectivity index (χ0n) is 7.21. The Balaban J connectivity index is 2.92. The molecule has 0 saturated carbocycles. The van der Waals surface area contributed by atoms with E-state index in [1.165, 1.54) is 5.56 Å². The van der Waals surface area contributed by atoms with Gasteiger partial charge in [-0.2, -0.15) is 0 Å². The second-order valence-corrected chi connectivity index (χ2v) is 3.87. The number of nitrogens with zero attached hydrogens (tertiary/aromatic N) is 1. The van der Waals surface area contributed by atoms with E-state index in [0.717, 1.165) is 15.2 Å². The van der Waals surface area contributed by atoms with E-state index in [1.807, 2.05) is 18.3 Å². The average Bonchev–Trinajstić information content (AvgIpc) is 2.12. The van der Waals surface area contributed by atoms with Gasteiger partial charge in [-0.15, -0.1) is 0 Å². The fourth-order valence-corrected chi connectivity index (χ4v) is 1.82. The minimum absolute atomic E-state index is 0.554. The SMILES string of the molecule is Cc1ccc(Br)c2cc(N)ncc12.